The van der Waals surface area contributed by atoms with E-state index in [4.69, 9.17) is 5.73 Å². The van der Waals surface area contributed by atoms with Crippen molar-refractivity contribution >= 4 is 11.6 Å². The van der Waals surface area contributed by atoms with Gasteiger partial charge in [0.1, 0.15) is 5.69 Å². The predicted molar refractivity (Wildman–Crippen MR) is 84.1 cm³/mol. The molecular formula is C16H20N4O. The molecule has 1 unspecified atom stereocenters. The Morgan fingerprint density at radius 3 is 2.62 bits per heavy atom. The summed E-state index contributed by atoms with van der Waals surface area (Å²) in [4.78, 5) is 17.5. The van der Waals surface area contributed by atoms with Crippen molar-refractivity contribution in [3.63, 3.8) is 0 Å². The van der Waals surface area contributed by atoms with Gasteiger partial charge in [-0.2, -0.15) is 0 Å². The molecule has 0 saturated heterocycles. The number of hydrogen-bond acceptors (Lipinski definition) is 4. The third-order valence-electron chi connectivity index (χ3n) is 3.16. The zero-order valence-electron chi connectivity index (χ0n) is 12.3. The van der Waals surface area contributed by atoms with Crippen LogP contribution in [-0.2, 0) is 0 Å². The van der Waals surface area contributed by atoms with Gasteiger partial charge in [0, 0.05) is 32.5 Å². The lowest BCUT2D eigenvalue weighted by atomic mass is 10.1. The smallest absolute Gasteiger partial charge is 0.272 e. The Morgan fingerprint density at radius 2 is 2.00 bits per heavy atom. The first-order chi connectivity index (χ1) is 10.1. The van der Waals surface area contributed by atoms with E-state index < -0.39 is 0 Å². The molecule has 0 aliphatic carbocycles. The van der Waals surface area contributed by atoms with Crippen LogP contribution < -0.4 is 11.1 Å². The molecule has 1 aromatic heterocycles. The van der Waals surface area contributed by atoms with Crippen molar-refractivity contribution < 1.29 is 4.79 Å². The molecule has 0 bridgehead atoms. The summed E-state index contributed by atoms with van der Waals surface area (Å²) in [5.41, 5.74) is 8.19. The second kappa shape index (κ2) is 6.85. The van der Waals surface area contributed by atoms with Crippen molar-refractivity contribution in [1.82, 2.24) is 9.88 Å². The number of carbonyl (C=O) groups excluding carboxylic acids is 1. The standard InChI is InChI=1S/C16H20N4O/c1-20(2)16(21)14-10-13(8-9-18-14)19-15(11-17)12-6-4-3-5-7-12/h3-10,15H,11,17H2,1-2H3,(H,18,19). The van der Waals surface area contributed by atoms with Gasteiger partial charge in [-0.3, -0.25) is 9.78 Å². The van der Waals surface area contributed by atoms with Crippen molar-refractivity contribution in [2.24, 2.45) is 5.73 Å². The maximum atomic E-state index is 11.9. The van der Waals surface area contributed by atoms with Gasteiger partial charge in [-0.05, 0) is 17.7 Å². The molecule has 0 radical (unpaired) electrons. The van der Waals surface area contributed by atoms with E-state index in [1.54, 1.807) is 26.4 Å². The summed E-state index contributed by atoms with van der Waals surface area (Å²) in [5.74, 6) is -0.123. The van der Waals surface area contributed by atoms with Gasteiger partial charge in [-0.1, -0.05) is 30.3 Å². The number of amides is 1. The molecule has 1 atom stereocenters. The van der Waals surface area contributed by atoms with E-state index in [1.165, 1.54) is 4.90 Å². The zero-order chi connectivity index (χ0) is 15.2. The van der Waals surface area contributed by atoms with Crippen LogP contribution in [0.15, 0.2) is 48.7 Å². The Bertz CT molecular complexity index is 598. The molecule has 0 aliphatic rings. The third-order valence-corrected chi connectivity index (χ3v) is 3.16. The molecule has 110 valence electrons. The van der Waals surface area contributed by atoms with E-state index in [0.717, 1.165) is 11.3 Å². The molecule has 1 amide bonds. The number of rotatable bonds is 5. The van der Waals surface area contributed by atoms with E-state index in [2.05, 4.69) is 10.3 Å². The SMILES string of the molecule is CN(C)C(=O)c1cc(NC(CN)c2ccccc2)ccn1. The lowest BCUT2D eigenvalue weighted by Gasteiger charge is -2.19. The fraction of sp³-hybridized carbons (Fsp3) is 0.250. The van der Waals surface area contributed by atoms with E-state index >= 15 is 0 Å². The molecule has 3 N–H and O–H groups in total. The molecule has 2 rings (SSSR count). The van der Waals surface area contributed by atoms with Crippen molar-refractivity contribution in [1.29, 1.82) is 0 Å². The first-order valence-corrected chi connectivity index (χ1v) is 6.81. The van der Waals surface area contributed by atoms with Crippen LogP contribution in [0.5, 0.6) is 0 Å². The van der Waals surface area contributed by atoms with Crippen LogP contribution >= 0.6 is 0 Å². The second-order valence-electron chi connectivity index (χ2n) is 4.97. The zero-order valence-corrected chi connectivity index (χ0v) is 12.3. The van der Waals surface area contributed by atoms with Crippen LogP contribution in [-0.4, -0.2) is 36.4 Å². The highest BCUT2D eigenvalue weighted by atomic mass is 16.2. The first-order valence-electron chi connectivity index (χ1n) is 6.81. The average Bonchev–Trinajstić information content (AvgIpc) is 2.53. The summed E-state index contributed by atoms with van der Waals surface area (Å²) in [6.07, 6.45) is 1.62. The van der Waals surface area contributed by atoms with Gasteiger partial charge in [-0.15, -0.1) is 0 Å². The second-order valence-corrected chi connectivity index (χ2v) is 4.97. The van der Waals surface area contributed by atoms with Gasteiger partial charge in [0.15, 0.2) is 0 Å². The van der Waals surface area contributed by atoms with Crippen LogP contribution in [0.25, 0.3) is 0 Å². The summed E-state index contributed by atoms with van der Waals surface area (Å²) in [5, 5.41) is 3.34. The van der Waals surface area contributed by atoms with Crippen LogP contribution in [0.1, 0.15) is 22.1 Å². The van der Waals surface area contributed by atoms with Crippen molar-refractivity contribution in [3.8, 4) is 0 Å². The Morgan fingerprint density at radius 1 is 1.29 bits per heavy atom. The number of anilines is 1. The van der Waals surface area contributed by atoms with Gasteiger partial charge in [0.2, 0.25) is 0 Å². The van der Waals surface area contributed by atoms with E-state index in [0.29, 0.717) is 12.2 Å². The van der Waals surface area contributed by atoms with E-state index in [1.807, 2.05) is 36.4 Å². The molecule has 5 heteroatoms. The Hall–Kier alpha value is -2.40. The average molecular weight is 284 g/mol. The molecule has 0 aliphatic heterocycles. The number of hydrogen-bond donors (Lipinski definition) is 2. The van der Waals surface area contributed by atoms with Gasteiger partial charge in [0.05, 0.1) is 6.04 Å². The highest BCUT2D eigenvalue weighted by Crippen LogP contribution is 2.19. The van der Waals surface area contributed by atoms with Gasteiger partial charge >= 0.3 is 0 Å². The topological polar surface area (TPSA) is 71.2 Å². The Kier molecular flexibility index (Phi) is 4.90. The van der Waals surface area contributed by atoms with Crippen LogP contribution in [0.4, 0.5) is 5.69 Å². The fourth-order valence-electron chi connectivity index (χ4n) is 2.03. The van der Waals surface area contributed by atoms with Crippen LogP contribution in [0.2, 0.25) is 0 Å². The monoisotopic (exact) mass is 284 g/mol. The quantitative estimate of drug-likeness (QED) is 0.879. The largest absolute Gasteiger partial charge is 0.377 e. The van der Waals surface area contributed by atoms with Crippen molar-refractivity contribution in [2.75, 3.05) is 26.0 Å². The summed E-state index contributed by atoms with van der Waals surface area (Å²) >= 11 is 0. The maximum absolute atomic E-state index is 11.9. The van der Waals surface area contributed by atoms with Crippen LogP contribution in [0.3, 0.4) is 0 Å². The molecule has 0 fully saturated rings. The molecule has 0 saturated carbocycles. The molecule has 1 heterocycles. The van der Waals surface area contributed by atoms with E-state index in [9.17, 15) is 4.79 Å². The highest BCUT2D eigenvalue weighted by molar-refractivity contribution is 5.92. The Balaban J connectivity index is 2.19. The first kappa shape index (κ1) is 15.0. The predicted octanol–water partition coefficient (Wildman–Crippen LogP) is 1.90. The molecule has 2 aromatic rings. The van der Waals surface area contributed by atoms with Crippen molar-refractivity contribution in [3.05, 3.63) is 59.9 Å². The minimum Gasteiger partial charge on any atom is -0.377 e. The number of carbonyl (C=O) groups is 1. The summed E-state index contributed by atoms with van der Waals surface area (Å²) in [6.45, 7) is 0.462. The normalized spacial score (nSPS) is 11.8. The lowest BCUT2D eigenvalue weighted by Crippen LogP contribution is -2.23. The highest BCUT2D eigenvalue weighted by Gasteiger charge is 2.12. The summed E-state index contributed by atoms with van der Waals surface area (Å²) < 4.78 is 0. The van der Waals surface area contributed by atoms with Gasteiger partial charge in [0.25, 0.3) is 5.91 Å². The molecule has 0 spiro atoms. The molecule has 1 aromatic carbocycles. The summed E-state index contributed by atoms with van der Waals surface area (Å²) in [6, 6.07) is 13.6. The van der Waals surface area contributed by atoms with Crippen molar-refractivity contribution in [2.45, 2.75) is 6.04 Å². The molecule has 5 nitrogen and oxygen atoms in total. The number of pyridine rings is 1. The summed E-state index contributed by atoms with van der Waals surface area (Å²) in [7, 11) is 3.41. The molecular weight excluding hydrogens is 264 g/mol. The number of nitrogens with two attached hydrogens (primary N) is 1. The van der Waals surface area contributed by atoms with Gasteiger partial charge in [-0.25, -0.2) is 0 Å². The minimum atomic E-state index is -0.123. The number of nitrogens with zero attached hydrogens (tertiary/aromatic N) is 2. The fourth-order valence-corrected chi connectivity index (χ4v) is 2.03. The maximum Gasteiger partial charge on any atom is 0.272 e. The number of benzene rings is 1. The Labute approximate surface area is 124 Å². The minimum absolute atomic E-state index is 0.00379. The van der Waals surface area contributed by atoms with Crippen LogP contribution in [0, 0.1) is 0 Å². The van der Waals surface area contributed by atoms with E-state index in [-0.39, 0.29) is 11.9 Å². The van der Waals surface area contributed by atoms with Gasteiger partial charge < -0.3 is 16.0 Å². The lowest BCUT2D eigenvalue weighted by molar-refractivity contribution is 0.0822. The molecule has 21 heavy (non-hydrogen) atoms. The third kappa shape index (κ3) is 3.79. The number of nitrogens with one attached hydrogen (secondary N) is 1. The number of aromatic nitrogens is 1.